The molecule has 0 spiro atoms. The third kappa shape index (κ3) is 2.44. The predicted molar refractivity (Wildman–Crippen MR) is 68.1 cm³/mol. The second-order valence-electron chi connectivity index (χ2n) is 4.18. The number of hydrogen-bond donors (Lipinski definition) is 0. The zero-order chi connectivity index (χ0) is 12.3. The number of nitrogens with zero attached hydrogens (tertiary/aromatic N) is 2. The van der Waals surface area contributed by atoms with Crippen LogP contribution in [0, 0.1) is 6.92 Å². The van der Waals surface area contributed by atoms with Crippen molar-refractivity contribution in [1.82, 2.24) is 9.78 Å². The molecule has 0 aliphatic heterocycles. The zero-order valence-corrected chi connectivity index (χ0v) is 10.2. The topological polar surface area (TPSA) is 34.9 Å². The molecule has 88 valence electrons. The molecule has 3 nitrogen and oxygen atoms in total. The molecule has 0 amide bonds. The fourth-order valence-corrected chi connectivity index (χ4v) is 1.88. The average Bonchev–Trinajstić information content (AvgIpc) is 2.79. The van der Waals surface area contributed by atoms with Crippen LogP contribution in [0.2, 0.25) is 0 Å². The molecule has 2 aromatic rings. The highest BCUT2D eigenvalue weighted by molar-refractivity contribution is 5.79. The van der Waals surface area contributed by atoms with Crippen LogP contribution in [0.1, 0.15) is 29.3 Å². The summed E-state index contributed by atoms with van der Waals surface area (Å²) in [6, 6.07) is 5.72. The maximum Gasteiger partial charge on any atom is 0.150 e. The van der Waals surface area contributed by atoms with Gasteiger partial charge in [0.2, 0.25) is 0 Å². The summed E-state index contributed by atoms with van der Waals surface area (Å²) in [5.41, 5.74) is 4.01. The molecule has 3 heteroatoms. The van der Waals surface area contributed by atoms with Crippen LogP contribution in [-0.4, -0.2) is 16.1 Å². The van der Waals surface area contributed by atoms with E-state index in [2.05, 4.69) is 12.0 Å². The Morgan fingerprint density at radius 2 is 2.24 bits per heavy atom. The quantitative estimate of drug-likeness (QED) is 0.754. The van der Waals surface area contributed by atoms with Crippen molar-refractivity contribution in [3.63, 3.8) is 0 Å². The van der Waals surface area contributed by atoms with Crippen molar-refractivity contribution in [2.45, 2.75) is 26.8 Å². The monoisotopic (exact) mass is 228 g/mol. The van der Waals surface area contributed by atoms with Gasteiger partial charge in [0.05, 0.1) is 6.20 Å². The van der Waals surface area contributed by atoms with E-state index in [9.17, 15) is 4.79 Å². The van der Waals surface area contributed by atoms with E-state index < -0.39 is 0 Å². The molecule has 0 atom stereocenters. The van der Waals surface area contributed by atoms with Gasteiger partial charge in [-0.25, -0.2) is 0 Å². The first kappa shape index (κ1) is 11.6. The maximum atomic E-state index is 10.8. The largest absolute Gasteiger partial charge is 0.298 e. The molecule has 0 aliphatic rings. The zero-order valence-electron chi connectivity index (χ0n) is 10.2. The highest BCUT2D eigenvalue weighted by atomic mass is 16.1. The van der Waals surface area contributed by atoms with Crippen LogP contribution in [0.25, 0.3) is 11.1 Å². The van der Waals surface area contributed by atoms with Crippen LogP contribution < -0.4 is 0 Å². The first-order valence-electron chi connectivity index (χ1n) is 5.83. The van der Waals surface area contributed by atoms with Crippen LogP contribution in [0.3, 0.4) is 0 Å². The first-order valence-corrected chi connectivity index (χ1v) is 5.83. The summed E-state index contributed by atoms with van der Waals surface area (Å²) in [6.07, 6.45) is 5.82. The van der Waals surface area contributed by atoms with Gasteiger partial charge in [-0.05, 0) is 30.5 Å². The minimum absolute atomic E-state index is 0.703. The Balaban J connectivity index is 2.40. The van der Waals surface area contributed by atoms with Gasteiger partial charge in [0, 0.05) is 23.9 Å². The van der Waals surface area contributed by atoms with Gasteiger partial charge in [-0.1, -0.05) is 19.1 Å². The molecule has 0 saturated carbocycles. The lowest BCUT2D eigenvalue weighted by Crippen LogP contribution is -1.95. The molecule has 17 heavy (non-hydrogen) atoms. The van der Waals surface area contributed by atoms with Gasteiger partial charge in [0.25, 0.3) is 0 Å². The molecule has 0 bridgehead atoms. The lowest BCUT2D eigenvalue weighted by molar-refractivity contribution is 0.112. The number of aryl methyl sites for hydroxylation is 2. The molecule has 0 radical (unpaired) electrons. The summed E-state index contributed by atoms with van der Waals surface area (Å²) >= 11 is 0. The van der Waals surface area contributed by atoms with E-state index in [1.165, 1.54) is 0 Å². The number of benzene rings is 1. The molecule has 1 heterocycles. The van der Waals surface area contributed by atoms with Crippen LogP contribution in [0.4, 0.5) is 0 Å². The summed E-state index contributed by atoms with van der Waals surface area (Å²) in [5.74, 6) is 0. The van der Waals surface area contributed by atoms with Crippen molar-refractivity contribution < 1.29 is 4.79 Å². The molecule has 1 aromatic heterocycles. The smallest absolute Gasteiger partial charge is 0.150 e. The summed E-state index contributed by atoms with van der Waals surface area (Å²) in [6.45, 7) is 5.09. The SMILES string of the molecule is CCCn1cc(-c2cc(C=O)ccc2C)cn1. The fraction of sp³-hybridized carbons (Fsp3) is 0.286. The van der Waals surface area contributed by atoms with Crippen molar-refractivity contribution in [1.29, 1.82) is 0 Å². The summed E-state index contributed by atoms with van der Waals surface area (Å²) < 4.78 is 1.93. The second kappa shape index (κ2) is 4.95. The first-order chi connectivity index (χ1) is 8.24. The average molecular weight is 228 g/mol. The molecule has 0 N–H and O–H groups in total. The van der Waals surface area contributed by atoms with Gasteiger partial charge < -0.3 is 0 Å². The number of rotatable bonds is 4. The Morgan fingerprint density at radius 3 is 2.94 bits per heavy atom. The minimum atomic E-state index is 0.703. The van der Waals surface area contributed by atoms with Crippen LogP contribution in [-0.2, 0) is 6.54 Å². The Morgan fingerprint density at radius 1 is 1.41 bits per heavy atom. The van der Waals surface area contributed by atoms with E-state index in [0.29, 0.717) is 5.56 Å². The van der Waals surface area contributed by atoms with Crippen LogP contribution in [0.15, 0.2) is 30.6 Å². The maximum absolute atomic E-state index is 10.8. The van der Waals surface area contributed by atoms with Crippen LogP contribution >= 0.6 is 0 Å². The lowest BCUT2D eigenvalue weighted by Gasteiger charge is -2.03. The van der Waals surface area contributed by atoms with Crippen molar-refractivity contribution >= 4 is 6.29 Å². The molecule has 1 aromatic carbocycles. The van der Waals surface area contributed by atoms with E-state index >= 15 is 0 Å². The molecule has 2 rings (SSSR count). The van der Waals surface area contributed by atoms with E-state index in [1.807, 2.05) is 42.2 Å². The third-order valence-electron chi connectivity index (χ3n) is 2.79. The van der Waals surface area contributed by atoms with Gasteiger partial charge in [0.15, 0.2) is 0 Å². The number of hydrogen-bond acceptors (Lipinski definition) is 2. The van der Waals surface area contributed by atoms with Crippen molar-refractivity contribution in [2.24, 2.45) is 0 Å². The third-order valence-corrected chi connectivity index (χ3v) is 2.79. The molecular formula is C14H16N2O. The number of aromatic nitrogens is 2. The Kier molecular flexibility index (Phi) is 3.38. The van der Waals surface area contributed by atoms with Gasteiger partial charge >= 0.3 is 0 Å². The van der Waals surface area contributed by atoms with E-state index in [0.717, 1.165) is 35.9 Å². The highest BCUT2D eigenvalue weighted by Crippen LogP contribution is 2.23. The van der Waals surface area contributed by atoms with Gasteiger partial charge in [0.1, 0.15) is 6.29 Å². The van der Waals surface area contributed by atoms with Crippen molar-refractivity contribution in [3.05, 3.63) is 41.7 Å². The number of aldehydes is 1. The van der Waals surface area contributed by atoms with E-state index in [4.69, 9.17) is 0 Å². The van der Waals surface area contributed by atoms with Gasteiger partial charge in [-0.3, -0.25) is 9.48 Å². The summed E-state index contributed by atoms with van der Waals surface area (Å²) in [4.78, 5) is 10.8. The summed E-state index contributed by atoms with van der Waals surface area (Å²) in [7, 11) is 0. The fourth-order valence-electron chi connectivity index (χ4n) is 1.88. The normalized spacial score (nSPS) is 10.5. The van der Waals surface area contributed by atoms with Gasteiger partial charge in [-0.15, -0.1) is 0 Å². The highest BCUT2D eigenvalue weighted by Gasteiger charge is 2.05. The van der Waals surface area contributed by atoms with E-state index in [-0.39, 0.29) is 0 Å². The van der Waals surface area contributed by atoms with E-state index in [1.54, 1.807) is 0 Å². The molecule has 0 unspecified atom stereocenters. The van der Waals surface area contributed by atoms with Crippen LogP contribution in [0.5, 0.6) is 0 Å². The molecule has 0 aliphatic carbocycles. The van der Waals surface area contributed by atoms with Crippen molar-refractivity contribution in [3.8, 4) is 11.1 Å². The molecule has 0 saturated heterocycles. The number of carbonyl (C=O) groups is 1. The Bertz CT molecular complexity index is 529. The predicted octanol–water partition coefficient (Wildman–Crippen LogP) is 3.08. The Hall–Kier alpha value is -1.90. The number of carbonyl (C=O) groups excluding carboxylic acids is 1. The molecular weight excluding hydrogens is 212 g/mol. The summed E-state index contributed by atoms with van der Waals surface area (Å²) in [5, 5.41) is 4.31. The van der Waals surface area contributed by atoms with Crippen molar-refractivity contribution in [2.75, 3.05) is 0 Å². The molecule has 0 fully saturated rings. The lowest BCUT2D eigenvalue weighted by atomic mass is 10.0. The second-order valence-corrected chi connectivity index (χ2v) is 4.18. The standard InChI is InChI=1S/C14H16N2O/c1-3-6-16-9-13(8-15-16)14-7-12(10-17)5-4-11(14)2/h4-5,7-10H,3,6H2,1-2H3. The van der Waals surface area contributed by atoms with Gasteiger partial charge in [-0.2, -0.15) is 5.10 Å². The minimum Gasteiger partial charge on any atom is -0.298 e. The Labute approximate surface area is 101 Å².